The number of ether oxygens (including phenoxy) is 2. The first-order valence-electron chi connectivity index (χ1n) is 9.29. The number of amides is 1. The lowest BCUT2D eigenvalue weighted by Gasteiger charge is -2.11. The molecule has 3 rings (SSSR count). The zero-order chi connectivity index (χ0) is 19.9. The molecule has 0 radical (unpaired) electrons. The number of pyridine rings is 1. The van der Waals surface area contributed by atoms with E-state index in [0.717, 1.165) is 30.0 Å². The summed E-state index contributed by atoms with van der Waals surface area (Å²) in [7, 11) is 1.61. The third-order valence-electron chi connectivity index (χ3n) is 4.26. The maximum Gasteiger partial charge on any atom is 0.257 e. The minimum Gasteiger partial charge on any atom is -0.497 e. The first-order valence-corrected chi connectivity index (χ1v) is 9.29. The lowest BCUT2D eigenvalue weighted by Crippen LogP contribution is -2.14. The molecule has 1 N–H and O–H groups in total. The van der Waals surface area contributed by atoms with Crippen LogP contribution >= 0.6 is 0 Å². The Kier molecular flexibility index (Phi) is 6.27. The second-order valence-electron chi connectivity index (χ2n) is 6.45. The fraction of sp³-hybridized carbons (Fsp3) is 0.217. The zero-order valence-corrected chi connectivity index (χ0v) is 16.4. The summed E-state index contributed by atoms with van der Waals surface area (Å²) < 4.78 is 11.1. The number of hydrogen-bond acceptors (Lipinski definition) is 4. The second kappa shape index (κ2) is 9.04. The summed E-state index contributed by atoms with van der Waals surface area (Å²) in [6.45, 7) is 3.97. The number of methoxy groups -OCH3 is 1. The van der Waals surface area contributed by atoms with Crippen LogP contribution in [0.15, 0.2) is 60.7 Å². The Hall–Kier alpha value is -3.34. The van der Waals surface area contributed by atoms with Gasteiger partial charge >= 0.3 is 0 Å². The van der Waals surface area contributed by atoms with Crippen molar-refractivity contribution < 1.29 is 14.3 Å². The molecule has 0 spiro atoms. The fourth-order valence-electron chi connectivity index (χ4n) is 2.88. The Bertz CT molecular complexity index is 970. The molecule has 0 saturated carbocycles. The summed E-state index contributed by atoms with van der Waals surface area (Å²) in [5, 5.41) is 2.92. The number of nitrogens with zero attached hydrogens (tertiary/aromatic N) is 1. The van der Waals surface area contributed by atoms with Gasteiger partial charge in [0.2, 0.25) is 0 Å². The van der Waals surface area contributed by atoms with Crippen LogP contribution in [-0.2, 0) is 6.42 Å². The van der Waals surface area contributed by atoms with E-state index in [2.05, 4.69) is 17.2 Å². The predicted octanol–water partition coefficient (Wildman–Crippen LogP) is 5.40. The zero-order valence-electron chi connectivity index (χ0n) is 16.4. The van der Waals surface area contributed by atoms with Gasteiger partial charge in [-0.25, -0.2) is 0 Å². The van der Waals surface area contributed by atoms with Crippen LogP contribution in [0.5, 0.6) is 17.2 Å². The van der Waals surface area contributed by atoms with Gasteiger partial charge in [0.05, 0.1) is 18.4 Å². The quantitative estimate of drug-likeness (QED) is 0.600. The van der Waals surface area contributed by atoms with Gasteiger partial charge in [-0.15, -0.1) is 0 Å². The van der Waals surface area contributed by atoms with Gasteiger partial charge in [0.1, 0.15) is 17.2 Å². The fourth-order valence-corrected chi connectivity index (χ4v) is 2.88. The number of benzene rings is 2. The molecular weight excluding hydrogens is 352 g/mol. The summed E-state index contributed by atoms with van der Waals surface area (Å²) in [5.41, 5.74) is 2.96. The summed E-state index contributed by atoms with van der Waals surface area (Å²) in [5.74, 6) is 1.82. The topological polar surface area (TPSA) is 60.5 Å². The Balaban J connectivity index is 1.72. The van der Waals surface area contributed by atoms with Gasteiger partial charge in [-0.3, -0.25) is 9.78 Å². The summed E-state index contributed by atoms with van der Waals surface area (Å²) >= 11 is 0. The highest BCUT2D eigenvalue weighted by Gasteiger charge is 2.11. The molecule has 3 aromatic rings. The summed E-state index contributed by atoms with van der Waals surface area (Å²) in [4.78, 5) is 17.2. The highest BCUT2D eigenvalue weighted by Crippen LogP contribution is 2.27. The highest BCUT2D eigenvalue weighted by atomic mass is 16.5. The van der Waals surface area contributed by atoms with Gasteiger partial charge in [0, 0.05) is 23.5 Å². The Morgan fingerprint density at radius 2 is 1.71 bits per heavy atom. The van der Waals surface area contributed by atoms with Crippen LogP contribution in [0.1, 0.15) is 35.1 Å². The molecule has 1 heterocycles. The first kappa shape index (κ1) is 19.4. The van der Waals surface area contributed by atoms with Crippen LogP contribution in [0, 0.1) is 6.92 Å². The molecule has 0 aliphatic heterocycles. The van der Waals surface area contributed by atoms with Crippen LogP contribution < -0.4 is 14.8 Å². The SMILES string of the molecule is CCCc1ccc(C(=O)Nc2cccc(Oc3cccc(OC)c3)c2)c(C)n1. The molecule has 1 amide bonds. The molecule has 5 heteroatoms. The van der Waals surface area contributed by atoms with E-state index in [1.165, 1.54) is 0 Å². The van der Waals surface area contributed by atoms with Gasteiger partial charge in [0.15, 0.2) is 0 Å². The molecule has 5 nitrogen and oxygen atoms in total. The normalized spacial score (nSPS) is 10.4. The van der Waals surface area contributed by atoms with E-state index in [9.17, 15) is 4.79 Å². The Morgan fingerprint density at radius 1 is 1.00 bits per heavy atom. The average molecular weight is 376 g/mol. The Morgan fingerprint density at radius 3 is 2.43 bits per heavy atom. The standard InChI is InChI=1S/C23H24N2O3/c1-4-7-17-12-13-22(16(2)24-17)23(26)25-18-8-5-10-20(14-18)28-21-11-6-9-19(15-21)27-3/h5-6,8-15H,4,7H2,1-3H3,(H,25,26). The lowest BCUT2D eigenvalue weighted by molar-refractivity contribution is 0.102. The molecule has 0 saturated heterocycles. The van der Waals surface area contributed by atoms with Crippen LogP contribution in [0.2, 0.25) is 0 Å². The molecule has 0 bridgehead atoms. The summed E-state index contributed by atoms with van der Waals surface area (Å²) in [6.07, 6.45) is 1.93. The number of carbonyl (C=O) groups excluding carboxylic acids is 1. The van der Waals surface area contributed by atoms with E-state index in [1.807, 2.05) is 55.5 Å². The molecule has 144 valence electrons. The lowest BCUT2D eigenvalue weighted by atomic mass is 10.1. The molecule has 1 aromatic heterocycles. The van der Waals surface area contributed by atoms with E-state index < -0.39 is 0 Å². The van der Waals surface area contributed by atoms with Crippen LogP contribution in [0.4, 0.5) is 5.69 Å². The van der Waals surface area contributed by atoms with E-state index in [1.54, 1.807) is 19.2 Å². The van der Waals surface area contributed by atoms with Crippen molar-refractivity contribution in [3.63, 3.8) is 0 Å². The van der Waals surface area contributed by atoms with Crippen molar-refractivity contribution in [3.05, 3.63) is 77.6 Å². The van der Waals surface area contributed by atoms with Crippen molar-refractivity contribution in [3.8, 4) is 17.2 Å². The molecule has 0 aliphatic carbocycles. The van der Waals surface area contributed by atoms with Crippen LogP contribution in [0.25, 0.3) is 0 Å². The maximum atomic E-state index is 12.6. The highest BCUT2D eigenvalue weighted by molar-refractivity contribution is 6.05. The van der Waals surface area contributed by atoms with Crippen LogP contribution in [-0.4, -0.2) is 18.0 Å². The number of aromatic nitrogens is 1. The monoisotopic (exact) mass is 376 g/mol. The van der Waals surface area contributed by atoms with Gasteiger partial charge in [-0.05, 0) is 49.7 Å². The van der Waals surface area contributed by atoms with Crippen LogP contribution in [0.3, 0.4) is 0 Å². The van der Waals surface area contributed by atoms with E-state index in [-0.39, 0.29) is 5.91 Å². The molecule has 0 fully saturated rings. The van der Waals surface area contributed by atoms with E-state index >= 15 is 0 Å². The number of nitrogens with one attached hydrogen (secondary N) is 1. The third-order valence-corrected chi connectivity index (χ3v) is 4.26. The number of carbonyl (C=O) groups is 1. The molecule has 28 heavy (non-hydrogen) atoms. The summed E-state index contributed by atoms with van der Waals surface area (Å²) in [6, 6.07) is 18.4. The van der Waals surface area contributed by atoms with E-state index in [0.29, 0.717) is 22.7 Å². The van der Waals surface area contributed by atoms with Crippen molar-refractivity contribution in [2.24, 2.45) is 0 Å². The van der Waals surface area contributed by atoms with Crippen molar-refractivity contribution >= 4 is 11.6 Å². The smallest absolute Gasteiger partial charge is 0.257 e. The number of hydrogen-bond donors (Lipinski definition) is 1. The van der Waals surface area contributed by atoms with Crippen molar-refractivity contribution in [1.29, 1.82) is 0 Å². The van der Waals surface area contributed by atoms with Gasteiger partial charge in [0.25, 0.3) is 5.91 Å². The molecule has 0 aliphatic rings. The van der Waals surface area contributed by atoms with Gasteiger partial charge < -0.3 is 14.8 Å². The average Bonchev–Trinajstić information content (AvgIpc) is 2.68. The maximum absolute atomic E-state index is 12.6. The number of rotatable bonds is 7. The van der Waals surface area contributed by atoms with Crippen molar-refractivity contribution in [2.45, 2.75) is 26.7 Å². The molecular formula is C23H24N2O3. The molecule has 0 atom stereocenters. The van der Waals surface area contributed by atoms with Crippen molar-refractivity contribution in [2.75, 3.05) is 12.4 Å². The minimum atomic E-state index is -0.188. The number of aryl methyl sites for hydroxylation is 2. The molecule has 0 unspecified atom stereocenters. The second-order valence-corrected chi connectivity index (χ2v) is 6.45. The van der Waals surface area contributed by atoms with Gasteiger partial charge in [-0.2, -0.15) is 0 Å². The minimum absolute atomic E-state index is 0.188. The third kappa shape index (κ3) is 4.88. The largest absolute Gasteiger partial charge is 0.497 e. The van der Waals surface area contributed by atoms with Gasteiger partial charge in [-0.1, -0.05) is 25.5 Å². The Labute approximate surface area is 165 Å². The molecule has 2 aromatic carbocycles. The van der Waals surface area contributed by atoms with Crippen molar-refractivity contribution in [1.82, 2.24) is 4.98 Å². The first-order chi connectivity index (χ1) is 13.6. The number of anilines is 1. The van der Waals surface area contributed by atoms with E-state index in [4.69, 9.17) is 9.47 Å². The predicted molar refractivity (Wildman–Crippen MR) is 110 cm³/mol.